The van der Waals surface area contributed by atoms with E-state index in [0.29, 0.717) is 6.61 Å². The average Bonchev–Trinajstić information content (AvgIpc) is 2.40. The highest BCUT2D eigenvalue weighted by Crippen LogP contribution is 2.11. The summed E-state index contributed by atoms with van der Waals surface area (Å²) < 4.78 is 5.37. The number of nitrogens with zero attached hydrogens (tertiary/aromatic N) is 3. The van der Waals surface area contributed by atoms with Gasteiger partial charge >= 0.3 is 0 Å². The lowest BCUT2D eigenvalue weighted by atomic mass is 10.2. The molecule has 0 atom stereocenters. The Bertz CT molecular complexity index is 623. The fourth-order valence-electron chi connectivity index (χ4n) is 1.38. The van der Waals surface area contributed by atoms with Crippen molar-refractivity contribution in [2.75, 3.05) is 12.0 Å². The number of hydrazone groups is 1. The Morgan fingerprint density at radius 3 is 3.21 bits per heavy atom. The molecule has 0 radical (unpaired) electrons. The first-order chi connectivity index (χ1) is 9.28. The Labute approximate surface area is 109 Å². The van der Waals surface area contributed by atoms with Gasteiger partial charge in [0, 0.05) is 0 Å². The minimum Gasteiger partial charge on any atom is -0.494 e. The molecule has 0 unspecified atom stereocenters. The Kier molecular flexibility index (Phi) is 4.22. The second-order valence-corrected chi connectivity index (χ2v) is 3.56. The van der Waals surface area contributed by atoms with Gasteiger partial charge in [-0.25, -0.2) is 5.43 Å². The van der Waals surface area contributed by atoms with Gasteiger partial charge in [0.15, 0.2) is 0 Å². The summed E-state index contributed by atoms with van der Waals surface area (Å²) in [6.45, 7) is 2.53. The van der Waals surface area contributed by atoms with Crippen LogP contribution in [0.1, 0.15) is 12.5 Å². The molecule has 1 heterocycles. The van der Waals surface area contributed by atoms with E-state index in [0.717, 1.165) is 17.5 Å². The van der Waals surface area contributed by atoms with Crippen molar-refractivity contribution in [3.63, 3.8) is 0 Å². The number of ether oxygens (including phenoxy) is 1. The van der Waals surface area contributed by atoms with Crippen molar-refractivity contribution >= 4 is 12.2 Å². The first-order valence-electron chi connectivity index (χ1n) is 5.72. The Morgan fingerprint density at radius 1 is 1.53 bits per heavy atom. The van der Waals surface area contributed by atoms with E-state index >= 15 is 0 Å². The monoisotopic (exact) mass is 259 g/mol. The van der Waals surface area contributed by atoms with Crippen molar-refractivity contribution in [2.45, 2.75) is 6.92 Å². The fraction of sp³-hybridized carbons (Fsp3) is 0.167. The molecule has 98 valence electrons. The van der Waals surface area contributed by atoms with E-state index < -0.39 is 0 Å². The summed E-state index contributed by atoms with van der Waals surface area (Å²) in [6, 6.07) is 7.48. The number of hydrogen-bond donors (Lipinski definition) is 2. The fourth-order valence-corrected chi connectivity index (χ4v) is 1.38. The predicted octanol–water partition coefficient (Wildman–Crippen LogP) is 1.01. The van der Waals surface area contributed by atoms with Crippen molar-refractivity contribution in [1.29, 1.82) is 0 Å². The van der Waals surface area contributed by atoms with Crippen molar-refractivity contribution in [1.82, 2.24) is 15.2 Å². The zero-order valence-corrected chi connectivity index (χ0v) is 10.3. The van der Waals surface area contributed by atoms with E-state index in [1.54, 1.807) is 6.21 Å². The number of H-pyrrole nitrogens is 1. The van der Waals surface area contributed by atoms with Crippen LogP contribution in [0.4, 0.5) is 5.95 Å². The molecule has 0 spiro atoms. The number of aromatic nitrogens is 3. The second kappa shape index (κ2) is 6.29. The van der Waals surface area contributed by atoms with E-state index in [4.69, 9.17) is 4.74 Å². The van der Waals surface area contributed by atoms with Crippen LogP contribution >= 0.6 is 0 Å². The van der Waals surface area contributed by atoms with Crippen LogP contribution in [-0.4, -0.2) is 28.0 Å². The number of benzene rings is 1. The Hall–Kier alpha value is -2.70. The van der Waals surface area contributed by atoms with Gasteiger partial charge in [-0.15, -0.1) is 10.2 Å². The van der Waals surface area contributed by atoms with Crippen LogP contribution in [0.5, 0.6) is 5.75 Å². The van der Waals surface area contributed by atoms with Crippen LogP contribution in [0.25, 0.3) is 0 Å². The van der Waals surface area contributed by atoms with Gasteiger partial charge < -0.3 is 4.74 Å². The summed E-state index contributed by atoms with van der Waals surface area (Å²) in [5.74, 6) is 0.962. The quantitative estimate of drug-likeness (QED) is 0.617. The van der Waals surface area contributed by atoms with Crippen LogP contribution in [0.2, 0.25) is 0 Å². The van der Waals surface area contributed by atoms with Gasteiger partial charge in [0.05, 0.1) is 12.8 Å². The Balaban J connectivity index is 2.02. The van der Waals surface area contributed by atoms with E-state index in [-0.39, 0.29) is 11.5 Å². The number of hydrogen-bond acceptors (Lipinski definition) is 6. The van der Waals surface area contributed by atoms with Gasteiger partial charge in [-0.2, -0.15) is 5.10 Å². The van der Waals surface area contributed by atoms with Crippen molar-refractivity contribution < 1.29 is 4.74 Å². The van der Waals surface area contributed by atoms with Crippen molar-refractivity contribution in [2.24, 2.45) is 5.10 Å². The van der Waals surface area contributed by atoms with E-state index in [1.807, 2.05) is 31.2 Å². The largest absolute Gasteiger partial charge is 0.494 e. The van der Waals surface area contributed by atoms with E-state index in [9.17, 15) is 4.79 Å². The van der Waals surface area contributed by atoms with Crippen LogP contribution in [0.15, 0.2) is 40.4 Å². The van der Waals surface area contributed by atoms with Gasteiger partial charge in [0.2, 0.25) is 5.95 Å². The second-order valence-electron chi connectivity index (χ2n) is 3.56. The Morgan fingerprint density at radius 2 is 2.42 bits per heavy atom. The van der Waals surface area contributed by atoms with Crippen LogP contribution in [0.3, 0.4) is 0 Å². The average molecular weight is 259 g/mol. The van der Waals surface area contributed by atoms with Gasteiger partial charge in [-0.3, -0.25) is 9.78 Å². The normalized spacial score (nSPS) is 10.6. The maximum Gasteiger partial charge on any atom is 0.271 e. The topological polar surface area (TPSA) is 92.3 Å². The zero-order chi connectivity index (χ0) is 13.5. The SMILES string of the molecule is CCOc1cccc(/C=N/Nc2nncc(=O)[nH]2)c1. The molecule has 0 fully saturated rings. The van der Waals surface area contributed by atoms with Gasteiger partial charge in [-0.05, 0) is 24.6 Å². The first kappa shape index (κ1) is 12.7. The maximum atomic E-state index is 11.0. The number of aromatic amines is 1. The molecule has 0 aliphatic carbocycles. The third-order valence-electron chi connectivity index (χ3n) is 2.13. The molecule has 2 N–H and O–H groups in total. The lowest BCUT2D eigenvalue weighted by Crippen LogP contribution is -2.10. The highest BCUT2D eigenvalue weighted by molar-refractivity contribution is 5.80. The number of anilines is 1. The molecular formula is C12H13N5O2. The van der Waals surface area contributed by atoms with Gasteiger partial charge in [-0.1, -0.05) is 12.1 Å². The summed E-state index contributed by atoms with van der Waals surface area (Å²) in [6.07, 6.45) is 2.68. The standard InChI is InChI=1S/C12H13N5O2/c1-2-19-10-5-3-4-9(6-10)7-13-16-12-15-11(18)8-14-17-12/h3-8H,2H2,1H3,(H2,15,16,17,18)/b13-7+. The van der Waals surface area contributed by atoms with E-state index in [1.165, 1.54) is 0 Å². The first-order valence-corrected chi connectivity index (χ1v) is 5.72. The summed E-state index contributed by atoms with van der Waals surface area (Å²) >= 11 is 0. The molecule has 0 amide bonds. The molecule has 19 heavy (non-hydrogen) atoms. The summed E-state index contributed by atoms with van der Waals surface area (Å²) in [4.78, 5) is 13.4. The van der Waals surface area contributed by atoms with Gasteiger partial charge in [0.25, 0.3) is 5.56 Å². The van der Waals surface area contributed by atoms with Gasteiger partial charge in [0.1, 0.15) is 11.9 Å². The van der Waals surface area contributed by atoms with Crippen LogP contribution < -0.4 is 15.7 Å². The molecule has 0 saturated carbocycles. The zero-order valence-electron chi connectivity index (χ0n) is 10.3. The van der Waals surface area contributed by atoms with Crippen molar-refractivity contribution in [3.05, 3.63) is 46.4 Å². The maximum absolute atomic E-state index is 11.0. The van der Waals surface area contributed by atoms with Crippen LogP contribution in [-0.2, 0) is 0 Å². The molecule has 2 rings (SSSR count). The molecule has 2 aromatic rings. The smallest absolute Gasteiger partial charge is 0.271 e. The summed E-state index contributed by atoms with van der Waals surface area (Å²) in [5.41, 5.74) is 3.11. The molecule has 7 heteroatoms. The molecule has 0 aliphatic rings. The van der Waals surface area contributed by atoms with Crippen LogP contribution in [0, 0.1) is 0 Å². The lowest BCUT2D eigenvalue weighted by molar-refractivity contribution is 0.340. The highest BCUT2D eigenvalue weighted by Gasteiger charge is 1.94. The minimum atomic E-state index is -0.342. The molecule has 7 nitrogen and oxygen atoms in total. The van der Waals surface area contributed by atoms with E-state index in [2.05, 4.69) is 25.7 Å². The predicted molar refractivity (Wildman–Crippen MR) is 71.5 cm³/mol. The molecule has 1 aromatic carbocycles. The van der Waals surface area contributed by atoms with Crippen molar-refractivity contribution in [3.8, 4) is 5.75 Å². The number of rotatable bonds is 5. The summed E-state index contributed by atoms with van der Waals surface area (Å²) in [7, 11) is 0. The summed E-state index contributed by atoms with van der Waals surface area (Å²) in [5, 5.41) is 11.1. The molecule has 0 bridgehead atoms. The third-order valence-corrected chi connectivity index (χ3v) is 2.13. The molecule has 0 aliphatic heterocycles. The third kappa shape index (κ3) is 3.91. The molecular weight excluding hydrogens is 246 g/mol. The lowest BCUT2D eigenvalue weighted by Gasteiger charge is -2.02. The molecule has 1 aromatic heterocycles. The minimum absolute atomic E-state index is 0.185. The molecule has 0 saturated heterocycles. The highest BCUT2D eigenvalue weighted by atomic mass is 16.5. The number of nitrogens with one attached hydrogen (secondary N) is 2.